The number of hydrogen-bond donors (Lipinski definition) is 1. The summed E-state index contributed by atoms with van der Waals surface area (Å²) < 4.78 is 181. The van der Waals surface area contributed by atoms with Gasteiger partial charge in [0.2, 0.25) is 0 Å². The van der Waals surface area contributed by atoms with Crippen LogP contribution in [0.3, 0.4) is 0 Å². The molecule has 16 heteroatoms. The van der Waals surface area contributed by atoms with Crippen LogP contribution in [0.25, 0.3) is 0 Å². The quantitative estimate of drug-likeness (QED) is 0.310. The summed E-state index contributed by atoms with van der Waals surface area (Å²) >= 11 is 0. The van der Waals surface area contributed by atoms with E-state index in [4.69, 9.17) is 4.74 Å². The van der Waals surface area contributed by atoms with E-state index in [1.807, 2.05) is 5.32 Å². The Morgan fingerprint density at radius 2 is 1.24 bits per heavy atom. The third kappa shape index (κ3) is 5.08. The van der Waals surface area contributed by atoms with E-state index in [0.717, 1.165) is 18.2 Å². The highest BCUT2D eigenvalue weighted by Crippen LogP contribution is 2.62. The molecule has 0 aliphatic carbocycles. The molecule has 212 valence electrons. The monoisotopic (exact) mass is 573 g/mol. The normalized spacial score (nSPS) is 14.0. The van der Waals surface area contributed by atoms with Crippen molar-refractivity contribution < 1.29 is 66.6 Å². The van der Waals surface area contributed by atoms with Crippen molar-refractivity contribution >= 4 is 11.6 Å². The smallest absolute Gasteiger partial charge is 0.460 e. The van der Waals surface area contributed by atoms with Crippen LogP contribution < -0.4 is 10.1 Å². The zero-order chi connectivity index (χ0) is 29.5. The third-order valence-corrected chi connectivity index (χ3v) is 4.91. The van der Waals surface area contributed by atoms with E-state index in [0.29, 0.717) is 12.1 Å². The average molecular weight is 573 g/mol. The van der Waals surface area contributed by atoms with E-state index in [1.54, 1.807) is 13.8 Å². The lowest BCUT2D eigenvalue weighted by molar-refractivity contribution is -0.441. The van der Waals surface area contributed by atoms with Gasteiger partial charge in [0.25, 0.3) is 5.91 Å². The summed E-state index contributed by atoms with van der Waals surface area (Å²) in [7, 11) is 0. The number of benzene rings is 2. The molecule has 0 unspecified atom stereocenters. The van der Waals surface area contributed by atoms with Crippen molar-refractivity contribution in [2.24, 2.45) is 0 Å². The summed E-state index contributed by atoms with van der Waals surface area (Å²) in [6, 6.07) is 6.54. The molecule has 3 nitrogen and oxygen atoms in total. The first kappa shape index (κ1) is 31.0. The molecule has 0 saturated carbocycles. The summed E-state index contributed by atoms with van der Waals surface area (Å²) in [5, 5.41) is 1.95. The maximum Gasteiger partial charge on any atom is 0.460 e. The SMILES string of the molecule is CC(C)Oc1cccc(NC(=O)c2ccccc2C(F)(F)C(F)(F)C(F)(F)C(F)(F)C(F)(F)C(F)(F)F)c1. The van der Waals surface area contributed by atoms with Gasteiger partial charge in [-0.05, 0) is 32.0 Å². The fourth-order valence-electron chi connectivity index (χ4n) is 3.01. The molecule has 0 heterocycles. The number of hydrogen-bond acceptors (Lipinski definition) is 2. The molecule has 0 aromatic heterocycles. The van der Waals surface area contributed by atoms with E-state index < -0.39 is 52.8 Å². The molecule has 0 aliphatic heterocycles. The Kier molecular flexibility index (Phi) is 8.03. The maximum atomic E-state index is 14.7. The zero-order valence-corrected chi connectivity index (χ0v) is 18.9. The molecule has 2 aromatic carbocycles. The molecule has 0 saturated heterocycles. The molecule has 1 N–H and O–H groups in total. The van der Waals surface area contributed by atoms with Crippen molar-refractivity contribution in [1.82, 2.24) is 0 Å². The molecule has 0 spiro atoms. The zero-order valence-electron chi connectivity index (χ0n) is 18.9. The third-order valence-electron chi connectivity index (χ3n) is 4.91. The molecular weight excluding hydrogens is 557 g/mol. The van der Waals surface area contributed by atoms with Crippen molar-refractivity contribution in [3.05, 3.63) is 59.7 Å². The van der Waals surface area contributed by atoms with Crippen molar-refractivity contribution in [1.29, 1.82) is 0 Å². The molecule has 0 radical (unpaired) electrons. The summed E-state index contributed by atoms with van der Waals surface area (Å²) in [5.41, 5.74) is -4.06. The maximum absolute atomic E-state index is 14.7. The Hall–Kier alpha value is -3.20. The van der Waals surface area contributed by atoms with Crippen molar-refractivity contribution in [3.63, 3.8) is 0 Å². The molecule has 1 amide bonds. The van der Waals surface area contributed by atoms with E-state index in [-0.39, 0.29) is 23.6 Å². The van der Waals surface area contributed by atoms with E-state index >= 15 is 0 Å². The Balaban J connectivity index is 2.55. The minimum atomic E-state index is -8.04. The van der Waals surface area contributed by atoms with Crippen LogP contribution in [-0.4, -0.2) is 41.9 Å². The summed E-state index contributed by atoms with van der Waals surface area (Å²) in [6.45, 7) is 3.24. The topological polar surface area (TPSA) is 38.3 Å². The predicted molar refractivity (Wildman–Crippen MR) is 106 cm³/mol. The van der Waals surface area contributed by atoms with Gasteiger partial charge in [0.15, 0.2) is 0 Å². The number of alkyl halides is 13. The lowest BCUT2D eigenvalue weighted by atomic mass is 9.88. The minimum absolute atomic E-state index is 0.0861. The summed E-state index contributed by atoms with van der Waals surface area (Å²) in [5.74, 6) is -39.5. The van der Waals surface area contributed by atoms with Crippen LogP contribution in [-0.2, 0) is 5.92 Å². The first-order chi connectivity index (χ1) is 17.0. The molecular formula is C22H16F13NO2. The molecule has 0 aliphatic rings. The van der Waals surface area contributed by atoms with Crippen molar-refractivity contribution in [2.75, 3.05) is 5.32 Å². The highest BCUT2D eigenvalue weighted by atomic mass is 19.4. The van der Waals surface area contributed by atoms with Crippen LogP contribution in [0.2, 0.25) is 0 Å². The largest absolute Gasteiger partial charge is 0.491 e. The lowest BCUT2D eigenvalue weighted by Gasteiger charge is -2.40. The van der Waals surface area contributed by atoms with Gasteiger partial charge in [-0.1, -0.05) is 24.3 Å². The second kappa shape index (κ2) is 9.84. The van der Waals surface area contributed by atoms with E-state index in [1.165, 1.54) is 12.1 Å². The number of anilines is 1. The molecule has 0 atom stereocenters. The van der Waals surface area contributed by atoms with Gasteiger partial charge in [-0.2, -0.15) is 57.1 Å². The van der Waals surface area contributed by atoms with Crippen LogP contribution in [0.4, 0.5) is 62.8 Å². The average Bonchev–Trinajstić information content (AvgIpc) is 2.77. The Bertz CT molecular complexity index is 1160. The second-order valence-electron chi connectivity index (χ2n) is 8.06. The van der Waals surface area contributed by atoms with Crippen molar-refractivity contribution in [2.45, 2.75) is 55.7 Å². The van der Waals surface area contributed by atoms with Gasteiger partial charge >= 0.3 is 35.8 Å². The second-order valence-corrected chi connectivity index (χ2v) is 8.06. The molecule has 0 fully saturated rings. The number of amides is 1. The van der Waals surface area contributed by atoms with E-state index in [9.17, 15) is 61.9 Å². The fourth-order valence-corrected chi connectivity index (χ4v) is 3.01. The number of carbonyl (C=O) groups is 1. The number of carbonyl (C=O) groups excluding carboxylic acids is 1. The first-order valence-corrected chi connectivity index (χ1v) is 10.2. The van der Waals surface area contributed by atoms with Crippen LogP contribution in [0.1, 0.15) is 29.8 Å². The van der Waals surface area contributed by atoms with Crippen LogP contribution in [0, 0.1) is 0 Å². The van der Waals surface area contributed by atoms with Gasteiger partial charge in [0.05, 0.1) is 6.10 Å². The summed E-state index contributed by atoms with van der Waals surface area (Å²) in [6.07, 6.45) is -7.89. The van der Waals surface area contributed by atoms with Gasteiger partial charge < -0.3 is 10.1 Å². The summed E-state index contributed by atoms with van der Waals surface area (Å²) in [4.78, 5) is 12.5. The molecule has 2 rings (SSSR count). The lowest BCUT2D eigenvalue weighted by Crippen LogP contribution is -2.69. The predicted octanol–water partition coefficient (Wildman–Crippen LogP) is 7.92. The van der Waals surface area contributed by atoms with Gasteiger partial charge in [0.1, 0.15) is 5.75 Å². The molecule has 2 aromatic rings. The van der Waals surface area contributed by atoms with Crippen LogP contribution in [0.15, 0.2) is 48.5 Å². The van der Waals surface area contributed by atoms with Gasteiger partial charge in [0, 0.05) is 22.9 Å². The number of rotatable bonds is 9. The first-order valence-electron chi connectivity index (χ1n) is 10.2. The van der Waals surface area contributed by atoms with Gasteiger partial charge in [-0.15, -0.1) is 0 Å². The molecule has 0 bridgehead atoms. The number of ether oxygens (including phenoxy) is 1. The fraction of sp³-hybridized carbons (Fsp3) is 0.409. The Morgan fingerprint density at radius 3 is 1.76 bits per heavy atom. The van der Waals surface area contributed by atoms with Crippen molar-refractivity contribution in [3.8, 4) is 5.75 Å². The Labute approximate surface area is 205 Å². The minimum Gasteiger partial charge on any atom is -0.491 e. The number of halogens is 13. The number of nitrogens with one attached hydrogen (secondary N) is 1. The highest BCUT2D eigenvalue weighted by Gasteiger charge is 2.91. The van der Waals surface area contributed by atoms with Crippen LogP contribution >= 0.6 is 0 Å². The van der Waals surface area contributed by atoms with Gasteiger partial charge in [-0.25, -0.2) is 0 Å². The standard InChI is InChI=1S/C22H16F13NO2/c1-11(2)38-13-7-5-6-12(10-13)36-16(37)14-8-3-4-9-15(14)17(23,24)18(25,26)19(27,28)20(29,30)21(31,32)22(33,34)35/h3-11H,1-2H3,(H,36,37). The molecule has 38 heavy (non-hydrogen) atoms. The Morgan fingerprint density at radius 1 is 0.711 bits per heavy atom. The van der Waals surface area contributed by atoms with E-state index in [2.05, 4.69) is 0 Å². The highest BCUT2D eigenvalue weighted by molar-refractivity contribution is 6.05. The van der Waals surface area contributed by atoms with Gasteiger partial charge in [-0.3, -0.25) is 4.79 Å². The van der Waals surface area contributed by atoms with Crippen LogP contribution in [0.5, 0.6) is 5.75 Å².